The van der Waals surface area contributed by atoms with Crippen LogP contribution in [-0.2, 0) is 17.7 Å². The minimum absolute atomic E-state index is 0.0275. The molecule has 0 aliphatic heterocycles. The summed E-state index contributed by atoms with van der Waals surface area (Å²) in [7, 11) is 1.67. The van der Waals surface area contributed by atoms with Gasteiger partial charge < -0.3 is 9.30 Å². The van der Waals surface area contributed by atoms with Crippen molar-refractivity contribution in [1.82, 2.24) is 4.57 Å². The molecule has 0 saturated heterocycles. The number of ether oxygens (including phenoxy) is 1. The molecule has 0 fully saturated rings. The number of carbonyl (C=O) groups is 1. The topological polar surface area (TPSA) is 48.3 Å². The normalized spacial score (nSPS) is 15.4. The number of Topliss-reactive ketones (excluding diaryl/α,β-unsaturated/α-hetero) is 1. The lowest BCUT2D eigenvalue weighted by atomic mass is 9.94. The van der Waals surface area contributed by atoms with E-state index >= 15 is 0 Å². The molecule has 0 bridgehead atoms. The summed E-state index contributed by atoms with van der Waals surface area (Å²) in [5.41, 5.74) is 1.33. The average Bonchev–Trinajstić information content (AvgIpc) is 2.38. The SMILES string of the molecule is COC(C)(C)CCn1c2c(ccc1=O)C(=O)CCC2. The molecule has 4 nitrogen and oxygen atoms in total. The minimum atomic E-state index is -0.263. The molecule has 1 aliphatic rings. The Bertz CT molecular complexity index is 543. The van der Waals surface area contributed by atoms with E-state index in [1.807, 2.05) is 13.8 Å². The van der Waals surface area contributed by atoms with E-state index in [4.69, 9.17) is 4.74 Å². The lowest BCUT2D eigenvalue weighted by Gasteiger charge is -2.25. The zero-order chi connectivity index (χ0) is 14.0. The summed E-state index contributed by atoms with van der Waals surface area (Å²) in [6.45, 7) is 4.59. The maximum atomic E-state index is 12.0. The lowest BCUT2D eigenvalue weighted by Crippen LogP contribution is -2.32. The number of rotatable bonds is 4. The van der Waals surface area contributed by atoms with Crippen molar-refractivity contribution in [3.8, 4) is 0 Å². The van der Waals surface area contributed by atoms with Gasteiger partial charge in [0.25, 0.3) is 5.56 Å². The van der Waals surface area contributed by atoms with Crippen LogP contribution in [0.5, 0.6) is 0 Å². The summed E-state index contributed by atoms with van der Waals surface area (Å²) >= 11 is 0. The predicted molar refractivity (Wildman–Crippen MR) is 73.7 cm³/mol. The molecule has 2 rings (SSSR count). The Morgan fingerprint density at radius 3 is 2.68 bits per heavy atom. The maximum absolute atomic E-state index is 12.0. The lowest BCUT2D eigenvalue weighted by molar-refractivity contribution is 0.0117. The first kappa shape index (κ1) is 14.0. The Balaban J connectivity index is 2.32. The number of hydrogen-bond acceptors (Lipinski definition) is 3. The molecular formula is C15H21NO3. The van der Waals surface area contributed by atoms with Gasteiger partial charge in [0, 0.05) is 37.4 Å². The number of ketones is 1. The van der Waals surface area contributed by atoms with Gasteiger partial charge in [0.1, 0.15) is 0 Å². The predicted octanol–water partition coefficient (Wildman–Crippen LogP) is 2.18. The highest BCUT2D eigenvalue weighted by Gasteiger charge is 2.22. The highest BCUT2D eigenvalue weighted by molar-refractivity contribution is 5.97. The first-order chi connectivity index (χ1) is 8.94. The van der Waals surface area contributed by atoms with E-state index in [1.54, 1.807) is 17.7 Å². The summed E-state index contributed by atoms with van der Waals surface area (Å²) < 4.78 is 7.13. The number of nitrogens with zero attached hydrogens (tertiary/aromatic N) is 1. The van der Waals surface area contributed by atoms with Gasteiger partial charge in [-0.2, -0.15) is 0 Å². The summed E-state index contributed by atoms with van der Waals surface area (Å²) in [5.74, 6) is 0.154. The third-order valence-corrected chi connectivity index (χ3v) is 3.90. The summed E-state index contributed by atoms with van der Waals surface area (Å²) in [4.78, 5) is 23.9. The van der Waals surface area contributed by atoms with Crippen LogP contribution in [0.2, 0.25) is 0 Å². The van der Waals surface area contributed by atoms with Gasteiger partial charge in [-0.25, -0.2) is 0 Å². The first-order valence-electron chi connectivity index (χ1n) is 6.76. The van der Waals surface area contributed by atoms with Crippen LogP contribution in [0, 0.1) is 0 Å². The van der Waals surface area contributed by atoms with E-state index in [1.165, 1.54) is 6.07 Å². The number of carbonyl (C=O) groups excluding carboxylic acids is 1. The molecule has 1 heterocycles. The third-order valence-electron chi connectivity index (χ3n) is 3.90. The van der Waals surface area contributed by atoms with Crippen LogP contribution >= 0.6 is 0 Å². The molecule has 1 aliphatic carbocycles. The molecule has 0 aromatic carbocycles. The molecule has 0 saturated carbocycles. The molecule has 1 aromatic heterocycles. The molecule has 4 heteroatoms. The Morgan fingerprint density at radius 2 is 2.00 bits per heavy atom. The van der Waals surface area contributed by atoms with Crippen LogP contribution < -0.4 is 5.56 Å². The molecule has 104 valence electrons. The van der Waals surface area contributed by atoms with Gasteiger partial charge in [0.2, 0.25) is 0 Å². The van der Waals surface area contributed by atoms with Crippen LogP contribution in [0.25, 0.3) is 0 Å². The quantitative estimate of drug-likeness (QED) is 0.836. The molecule has 0 spiro atoms. The fourth-order valence-corrected chi connectivity index (χ4v) is 2.42. The highest BCUT2D eigenvalue weighted by atomic mass is 16.5. The van der Waals surface area contributed by atoms with Crippen molar-refractivity contribution in [2.45, 2.75) is 51.7 Å². The average molecular weight is 263 g/mol. The molecular weight excluding hydrogens is 242 g/mol. The van der Waals surface area contributed by atoms with Crippen molar-refractivity contribution >= 4 is 5.78 Å². The van der Waals surface area contributed by atoms with Crippen LogP contribution in [0.15, 0.2) is 16.9 Å². The largest absolute Gasteiger partial charge is 0.379 e. The van der Waals surface area contributed by atoms with Crippen molar-refractivity contribution in [2.75, 3.05) is 7.11 Å². The fourth-order valence-electron chi connectivity index (χ4n) is 2.42. The van der Waals surface area contributed by atoms with Gasteiger partial charge in [-0.3, -0.25) is 9.59 Å². The Kier molecular flexibility index (Phi) is 3.90. The Hall–Kier alpha value is -1.42. The van der Waals surface area contributed by atoms with Crippen molar-refractivity contribution in [3.63, 3.8) is 0 Å². The molecule has 0 amide bonds. The van der Waals surface area contributed by atoms with Crippen LogP contribution in [0.4, 0.5) is 0 Å². The van der Waals surface area contributed by atoms with Crippen molar-refractivity contribution in [3.05, 3.63) is 33.7 Å². The molecule has 0 atom stereocenters. The van der Waals surface area contributed by atoms with Gasteiger partial charge in [-0.15, -0.1) is 0 Å². The number of aromatic nitrogens is 1. The molecule has 1 aromatic rings. The van der Waals surface area contributed by atoms with E-state index in [2.05, 4.69) is 0 Å². The molecule has 0 N–H and O–H groups in total. The number of pyridine rings is 1. The van der Waals surface area contributed by atoms with Crippen LogP contribution in [0.1, 0.15) is 49.2 Å². The van der Waals surface area contributed by atoms with E-state index in [0.717, 1.165) is 30.5 Å². The smallest absolute Gasteiger partial charge is 0.250 e. The van der Waals surface area contributed by atoms with Gasteiger partial charge >= 0.3 is 0 Å². The molecule has 19 heavy (non-hydrogen) atoms. The number of fused-ring (bicyclic) bond motifs is 1. The number of methoxy groups -OCH3 is 1. The third kappa shape index (κ3) is 2.95. The summed E-state index contributed by atoms with van der Waals surface area (Å²) in [6, 6.07) is 3.18. The van der Waals surface area contributed by atoms with Crippen molar-refractivity contribution in [2.24, 2.45) is 0 Å². The second-order valence-electron chi connectivity index (χ2n) is 5.67. The Labute approximate surface area is 113 Å². The van der Waals surface area contributed by atoms with E-state index in [-0.39, 0.29) is 16.9 Å². The zero-order valence-electron chi connectivity index (χ0n) is 11.9. The van der Waals surface area contributed by atoms with E-state index in [9.17, 15) is 9.59 Å². The van der Waals surface area contributed by atoms with Gasteiger partial charge in [0.15, 0.2) is 5.78 Å². The van der Waals surface area contributed by atoms with Crippen LogP contribution in [0.3, 0.4) is 0 Å². The maximum Gasteiger partial charge on any atom is 0.250 e. The monoisotopic (exact) mass is 263 g/mol. The first-order valence-corrected chi connectivity index (χ1v) is 6.76. The molecule has 0 unspecified atom stereocenters. The number of hydrogen-bond donors (Lipinski definition) is 0. The van der Waals surface area contributed by atoms with Crippen molar-refractivity contribution in [1.29, 1.82) is 0 Å². The Morgan fingerprint density at radius 1 is 1.26 bits per heavy atom. The second kappa shape index (κ2) is 5.29. The van der Waals surface area contributed by atoms with Gasteiger partial charge in [-0.1, -0.05) is 0 Å². The van der Waals surface area contributed by atoms with Gasteiger partial charge in [0.05, 0.1) is 5.60 Å². The zero-order valence-corrected chi connectivity index (χ0v) is 11.9. The fraction of sp³-hybridized carbons (Fsp3) is 0.600. The standard InChI is InChI=1S/C15H21NO3/c1-15(2,19-3)9-10-16-12-5-4-6-13(17)11(12)7-8-14(16)18/h7-8H,4-6,9-10H2,1-3H3. The highest BCUT2D eigenvalue weighted by Crippen LogP contribution is 2.21. The summed E-state index contributed by atoms with van der Waals surface area (Å²) in [6.07, 6.45) is 2.98. The molecule has 0 radical (unpaired) electrons. The minimum Gasteiger partial charge on any atom is -0.379 e. The van der Waals surface area contributed by atoms with E-state index in [0.29, 0.717) is 13.0 Å². The summed E-state index contributed by atoms with van der Waals surface area (Å²) in [5, 5.41) is 0. The van der Waals surface area contributed by atoms with Crippen molar-refractivity contribution < 1.29 is 9.53 Å². The van der Waals surface area contributed by atoms with Crippen LogP contribution in [-0.4, -0.2) is 23.1 Å². The van der Waals surface area contributed by atoms with E-state index < -0.39 is 0 Å². The van der Waals surface area contributed by atoms with Gasteiger partial charge in [-0.05, 0) is 39.2 Å². The second-order valence-corrected chi connectivity index (χ2v) is 5.67.